The van der Waals surface area contributed by atoms with Crippen LogP contribution in [0.3, 0.4) is 0 Å². The van der Waals surface area contributed by atoms with Gasteiger partial charge in [-0.2, -0.15) is 5.10 Å². The van der Waals surface area contributed by atoms with Crippen LogP contribution in [0.2, 0.25) is 0 Å². The SMILES string of the molecule is CN(CC1=NN(CC2CCCCC2)CC1)C(=O)OC(C)(C)C. The lowest BCUT2D eigenvalue weighted by atomic mass is 9.89. The summed E-state index contributed by atoms with van der Waals surface area (Å²) in [6.07, 6.45) is 7.51. The highest BCUT2D eigenvalue weighted by Crippen LogP contribution is 2.25. The third-order valence-corrected chi connectivity index (χ3v) is 4.26. The second-order valence-electron chi connectivity index (χ2n) is 7.67. The van der Waals surface area contributed by atoms with E-state index in [9.17, 15) is 4.79 Å². The zero-order valence-corrected chi connectivity index (χ0v) is 14.6. The molecule has 1 heterocycles. The van der Waals surface area contributed by atoms with Crippen LogP contribution < -0.4 is 0 Å². The number of hydrogen-bond acceptors (Lipinski definition) is 4. The molecule has 0 bridgehead atoms. The largest absolute Gasteiger partial charge is 0.444 e. The van der Waals surface area contributed by atoms with Crippen LogP contribution in [0.1, 0.15) is 59.3 Å². The average Bonchev–Trinajstić information content (AvgIpc) is 2.85. The Labute approximate surface area is 134 Å². The van der Waals surface area contributed by atoms with Crippen LogP contribution in [0.25, 0.3) is 0 Å². The lowest BCUT2D eigenvalue weighted by molar-refractivity contribution is 0.0323. The summed E-state index contributed by atoms with van der Waals surface area (Å²) in [5, 5.41) is 6.90. The van der Waals surface area contributed by atoms with Crippen LogP contribution in [-0.2, 0) is 4.74 Å². The predicted molar refractivity (Wildman–Crippen MR) is 89.1 cm³/mol. The molecule has 126 valence electrons. The van der Waals surface area contributed by atoms with E-state index in [1.807, 2.05) is 20.8 Å². The van der Waals surface area contributed by atoms with Crippen molar-refractivity contribution in [3.8, 4) is 0 Å². The van der Waals surface area contributed by atoms with E-state index in [0.29, 0.717) is 6.54 Å². The lowest BCUT2D eigenvalue weighted by Crippen LogP contribution is -2.36. The molecule has 0 aromatic heterocycles. The number of hydrazone groups is 1. The summed E-state index contributed by atoms with van der Waals surface area (Å²) in [7, 11) is 1.78. The zero-order chi connectivity index (χ0) is 16.2. The van der Waals surface area contributed by atoms with Gasteiger partial charge in [0.1, 0.15) is 5.60 Å². The number of carbonyl (C=O) groups is 1. The van der Waals surface area contributed by atoms with E-state index in [1.54, 1.807) is 11.9 Å². The molecule has 22 heavy (non-hydrogen) atoms. The van der Waals surface area contributed by atoms with Crippen LogP contribution >= 0.6 is 0 Å². The van der Waals surface area contributed by atoms with Gasteiger partial charge < -0.3 is 9.64 Å². The van der Waals surface area contributed by atoms with Crippen molar-refractivity contribution in [3.05, 3.63) is 0 Å². The molecule has 5 heteroatoms. The van der Waals surface area contributed by atoms with Crippen LogP contribution in [0.15, 0.2) is 5.10 Å². The van der Waals surface area contributed by atoms with Gasteiger partial charge in [0, 0.05) is 26.6 Å². The van der Waals surface area contributed by atoms with Crippen molar-refractivity contribution in [2.75, 3.05) is 26.7 Å². The van der Waals surface area contributed by atoms with Gasteiger partial charge >= 0.3 is 6.09 Å². The molecule has 0 radical (unpaired) electrons. The Hall–Kier alpha value is -1.26. The first kappa shape index (κ1) is 17.1. The molecule has 1 aliphatic carbocycles. The highest BCUT2D eigenvalue weighted by atomic mass is 16.6. The fourth-order valence-corrected chi connectivity index (χ4v) is 3.15. The van der Waals surface area contributed by atoms with Crippen molar-refractivity contribution in [2.45, 2.75) is 64.9 Å². The summed E-state index contributed by atoms with van der Waals surface area (Å²) in [6.45, 7) is 8.30. The van der Waals surface area contributed by atoms with Crippen molar-refractivity contribution < 1.29 is 9.53 Å². The van der Waals surface area contributed by atoms with Gasteiger partial charge in [0.2, 0.25) is 0 Å². The quantitative estimate of drug-likeness (QED) is 0.798. The molecule has 0 spiro atoms. The predicted octanol–water partition coefficient (Wildman–Crippen LogP) is 3.50. The Kier molecular flexibility index (Phi) is 5.70. The highest BCUT2D eigenvalue weighted by molar-refractivity contribution is 5.89. The molecule has 2 rings (SSSR count). The number of carbonyl (C=O) groups excluding carboxylic acids is 1. The molecule has 0 atom stereocenters. The van der Waals surface area contributed by atoms with E-state index >= 15 is 0 Å². The van der Waals surface area contributed by atoms with Crippen LogP contribution in [0.5, 0.6) is 0 Å². The molecule has 1 fully saturated rings. The third-order valence-electron chi connectivity index (χ3n) is 4.26. The van der Waals surface area contributed by atoms with Crippen molar-refractivity contribution in [2.24, 2.45) is 11.0 Å². The topological polar surface area (TPSA) is 45.1 Å². The Morgan fingerprint density at radius 3 is 2.64 bits per heavy atom. The summed E-state index contributed by atoms with van der Waals surface area (Å²) in [5.41, 5.74) is 0.639. The first-order valence-corrected chi connectivity index (χ1v) is 8.59. The molecular weight excluding hydrogens is 278 g/mol. The van der Waals surface area contributed by atoms with E-state index in [-0.39, 0.29) is 6.09 Å². The Morgan fingerprint density at radius 1 is 1.32 bits per heavy atom. The van der Waals surface area contributed by atoms with E-state index < -0.39 is 5.60 Å². The van der Waals surface area contributed by atoms with Gasteiger partial charge in [0.15, 0.2) is 0 Å². The molecule has 0 aromatic carbocycles. The average molecular weight is 309 g/mol. The summed E-state index contributed by atoms with van der Waals surface area (Å²) >= 11 is 0. The molecule has 1 amide bonds. The number of hydrogen-bond donors (Lipinski definition) is 0. The maximum Gasteiger partial charge on any atom is 0.410 e. The summed E-state index contributed by atoms with van der Waals surface area (Å²) in [6, 6.07) is 0. The maximum absolute atomic E-state index is 12.0. The van der Waals surface area contributed by atoms with Crippen LogP contribution in [0, 0.1) is 5.92 Å². The number of nitrogens with zero attached hydrogens (tertiary/aromatic N) is 3. The number of ether oxygens (including phenoxy) is 1. The Balaban J connectivity index is 1.78. The van der Waals surface area contributed by atoms with Gasteiger partial charge in [0.25, 0.3) is 0 Å². The van der Waals surface area contributed by atoms with Gasteiger partial charge in [0.05, 0.1) is 12.3 Å². The first-order chi connectivity index (χ1) is 10.3. The number of rotatable bonds is 4. The molecule has 0 saturated heterocycles. The smallest absolute Gasteiger partial charge is 0.410 e. The van der Waals surface area contributed by atoms with Gasteiger partial charge in [-0.1, -0.05) is 19.3 Å². The molecule has 0 unspecified atom stereocenters. The second-order valence-corrected chi connectivity index (χ2v) is 7.67. The Morgan fingerprint density at radius 2 is 2.00 bits per heavy atom. The lowest BCUT2D eigenvalue weighted by Gasteiger charge is -2.25. The minimum absolute atomic E-state index is 0.277. The standard InChI is InChI=1S/C17H31N3O2/c1-17(2,3)22-16(21)19(4)13-15-10-11-20(18-15)12-14-8-6-5-7-9-14/h14H,5-13H2,1-4H3. The highest BCUT2D eigenvalue weighted by Gasteiger charge is 2.24. The van der Waals surface area contributed by atoms with Crippen LogP contribution in [0.4, 0.5) is 4.79 Å². The van der Waals surface area contributed by atoms with Gasteiger partial charge in [-0.15, -0.1) is 0 Å². The second kappa shape index (κ2) is 7.34. The van der Waals surface area contributed by atoms with Crippen molar-refractivity contribution in [1.82, 2.24) is 9.91 Å². The summed E-state index contributed by atoms with van der Waals surface area (Å²) < 4.78 is 5.38. The minimum atomic E-state index is -0.449. The molecule has 5 nitrogen and oxygen atoms in total. The molecule has 1 saturated carbocycles. The van der Waals surface area contributed by atoms with Crippen molar-refractivity contribution >= 4 is 11.8 Å². The maximum atomic E-state index is 12.0. The number of amides is 1. The Bertz CT molecular complexity index is 409. The van der Waals surface area contributed by atoms with Gasteiger partial charge in [-0.25, -0.2) is 4.79 Å². The zero-order valence-electron chi connectivity index (χ0n) is 14.6. The fraction of sp³-hybridized carbons (Fsp3) is 0.882. The van der Waals surface area contributed by atoms with E-state index in [4.69, 9.17) is 9.84 Å². The summed E-state index contributed by atoms with van der Waals surface area (Å²) in [4.78, 5) is 13.6. The van der Waals surface area contributed by atoms with Crippen LogP contribution in [-0.4, -0.2) is 54.0 Å². The van der Waals surface area contributed by atoms with E-state index in [2.05, 4.69) is 5.01 Å². The molecule has 0 N–H and O–H groups in total. The molecule has 2 aliphatic rings. The minimum Gasteiger partial charge on any atom is -0.444 e. The van der Waals surface area contributed by atoms with Gasteiger partial charge in [-0.05, 0) is 39.5 Å². The third kappa shape index (κ3) is 5.50. The molecular formula is C17H31N3O2. The fourth-order valence-electron chi connectivity index (χ4n) is 3.15. The van der Waals surface area contributed by atoms with Crippen molar-refractivity contribution in [1.29, 1.82) is 0 Å². The van der Waals surface area contributed by atoms with E-state index in [1.165, 1.54) is 32.1 Å². The van der Waals surface area contributed by atoms with E-state index in [0.717, 1.165) is 31.1 Å². The van der Waals surface area contributed by atoms with Crippen molar-refractivity contribution in [3.63, 3.8) is 0 Å². The summed E-state index contributed by atoms with van der Waals surface area (Å²) in [5.74, 6) is 0.806. The normalized spacial score (nSPS) is 20.0. The van der Waals surface area contributed by atoms with Gasteiger partial charge in [-0.3, -0.25) is 5.01 Å². The first-order valence-electron chi connectivity index (χ1n) is 8.59. The molecule has 0 aromatic rings. The monoisotopic (exact) mass is 309 g/mol. The molecule has 1 aliphatic heterocycles.